The van der Waals surface area contributed by atoms with Crippen LogP contribution < -0.4 is 0 Å². The maximum absolute atomic E-state index is 9.17. The molecule has 1 aromatic heterocycles. The number of benzene rings is 2. The summed E-state index contributed by atoms with van der Waals surface area (Å²) < 4.78 is 1.66. The molecule has 0 N–H and O–H groups in total. The zero-order chi connectivity index (χ0) is 14.8. The van der Waals surface area contributed by atoms with E-state index in [0.29, 0.717) is 15.7 Å². The van der Waals surface area contributed by atoms with Crippen molar-refractivity contribution >= 4 is 23.2 Å². The van der Waals surface area contributed by atoms with Crippen LogP contribution in [0.25, 0.3) is 16.9 Å². The van der Waals surface area contributed by atoms with E-state index in [0.717, 1.165) is 11.3 Å². The highest BCUT2D eigenvalue weighted by Gasteiger charge is 2.18. The summed E-state index contributed by atoms with van der Waals surface area (Å²) in [5, 5.41) is 14.4. The summed E-state index contributed by atoms with van der Waals surface area (Å²) >= 11 is 12.4. The molecule has 0 fully saturated rings. The van der Waals surface area contributed by atoms with E-state index in [1.807, 2.05) is 48.5 Å². The van der Waals surface area contributed by atoms with Crippen molar-refractivity contribution < 1.29 is 0 Å². The highest BCUT2D eigenvalue weighted by Crippen LogP contribution is 2.33. The van der Waals surface area contributed by atoms with E-state index < -0.39 is 0 Å². The Morgan fingerprint density at radius 1 is 1.00 bits per heavy atom. The maximum Gasteiger partial charge on any atom is 0.182 e. The van der Waals surface area contributed by atoms with Crippen molar-refractivity contribution in [3.63, 3.8) is 0 Å². The van der Waals surface area contributed by atoms with Gasteiger partial charge >= 0.3 is 0 Å². The van der Waals surface area contributed by atoms with Gasteiger partial charge in [0.05, 0.1) is 11.4 Å². The molecule has 0 radical (unpaired) electrons. The fourth-order valence-electron chi connectivity index (χ4n) is 2.11. The standard InChI is InChI=1S/C16H9Cl2N3/c17-12-6-4-5-11(9-12)16-15(18)14(10-19)20-21(16)13-7-2-1-3-8-13/h1-9H. The monoisotopic (exact) mass is 313 g/mol. The number of aromatic nitrogens is 2. The molecule has 0 aliphatic heterocycles. The molecule has 0 amide bonds. The number of nitrogens with zero attached hydrogens (tertiary/aromatic N) is 3. The molecule has 3 nitrogen and oxygen atoms in total. The number of rotatable bonds is 2. The van der Waals surface area contributed by atoms with E-state index in [4.69, 9.17) is 28.5 Å². The van der Waals surface area contributed by atoms with E-state index in [9.17, 15) is 0 Å². The third-order valence-electron chi connectivity index (χ3n) is 3.03. The van der Waals surface area contributed by atoms with Crippen LogP contribution in [0.4, 0.5) is 0 Å². The van der Waals surface area contributed by atoms with Crippen molar-refractivity contribution in [2.75, 3.05) is 0 Å². The lowest BCUT2D eigenvalue weighted by atomic mass is 10.1. The predicted octanol–water partition coefficient (Wildman–Crippen LogP) is 4.72. The molecule has 3 rings (SSSR count). The molecular weight excluding hydrogens is 305 g/mol. The van der Waals surface area contributed by atoms with E-state index in [1.54, 1.807) is 16.8 Å². The molecule has 0 atom stereocenters. The van der Waals surface area contributed by atoms with E-state index in [-0.39, 0.29) is 5.69 Å². The van der Waals surface area contributed by atoms with E-state index >= 15 is 0 Å². The minimum atomic E-state index is 0.190. The van der Waals surface area contributed by atoms with E-state index in [2.05, 4.69) is 5.10 Å². The van der Waals surface area contributed by atoms with Gasteiger partial charge in [0.15, 0.2) is 5.69 Å². The molecule has 0 aliphatic carbocycles. The average Bonchev–Trinajstić information content (AvgIpc) is 2.85. The van der Waals surface area contributed by atoms with Crippen molar-refractivity contribution in [2.45, 2.75) is 0 Å². The first-order valence-corrected chi connectivity index (χ1v) is 6.96. The molecule has 102 valence electrons. The van der Waals surface area contributed by atoms with Crippen LogP contribution in [0, 0.1) is 11.3 Å². The molecule has 2 aromatic carbocycles. The quantitative estimate of drug-likeness (QED) is 0.687. The van der Waals surface area contributed by atoms with Gasteiger partial charge in [0, 0.05) is 10.6 Å². The molecule has 0 unspecified atom stereocenters. The summed E-state index contributed by atoms with van der Waals surface area (Å²) in [5.41, 5.74) is 2.48. The minimum Gasteiger partial charge on any atom is -0.230 e. The molecular formula is C16H9Cl2N3. The molecule has 0 saturated carbocycles. The maximum atomic E-state index is 9.17. The Bertz CT molecular complexity index is 832. The van der Waals surface area contributed by atoms with Crippen molar-refractivity contribution in [1.82, 2.24) is 9.78 Å². The fraction of sp³-hybridized carbons (Fsp3) is 0. The Morgan fingerprint density at radius 2 is 1.76 bits per heavy atom. The zero-order valence-corrected chi connectivity index (χ0v) is 12.3. The van der Waals surface area contributed by atoms with Gasteiger partial charge in [-0.2, -0.15) is 10.4 Å². The molecule has 5 heteroatoms. The van der Waals surface area contributed by atoms with Gasteiger partial charge in [-0.15, -0.1) is 0 Å². The van der Waals surface area contributed by atoms with Crippen LogP contribution in [0.1, 0.15) is 5.69 Å². The average molecular weight is 314 g/mol. The molecule has 0 saturated heterocycles. The van der Waals surface area contributed by atoms with Crippen LogP contribution in [-0.2, 0) is 0 Å². The van der Waals surface area contributed by atoms with Gasteiger partial charge < -0.3 is 0 Å². The fourth-order valence-corrected chi connectivity index (χ4v) is 2.57. The highest BCUT2D eigenvalue weighted by atomic mass is 35.5. The van der Waals surface area contributed by atoms with Crippen molar-refractivity contribution in [2.24, 2.45) is 0 Å². The first-order chi connectivity index (χ1) is 10.2. The smallest absolute Gasteiger partial charge is 0.182 e. The third-order valence-corrected chi connectivity index (χ3v) is 3.63. The lowest BCUT2D eigenvalue weighted by Crippen LogP contribution is -1.99. The predicted molar refractivity (Wildman–Crippen MR) is 83.7 cm³/mol. The summed E-state index contributed by atoms with van der Waals surface area (Å²) in [4.78, 5) is 0. The second-order valence-corrected chi connectivity index (χ2v) is 5.20. The number of halogens is 2. The molecule has 21 heavy (non-hydrogen) atoms. The zero-order valence-electron chi connectivity index (χ0n) is 10.8. The van der Waals surface area contributed by atoms with Gasteiger partial charge in [0.25, 0.3) is 0 Å². The van der Waals surface area contributed by atoms with Crippen LogP contribution >= 0.6 is 23.2 Å². The number of hydrogen-bond donors (Lipinski definition) is 0. The molecule has 1 heterocycles. The number of para-hydroxylation sites is 1. The third kappa shape index (κ3) is 2.52. The van der Waals surface area contributed by atoms with Gasteiger partial charge in [-0.1, -0.05) is 53.5 Å². The normalized spacial score (nSPS) is 10.3. The summed E-state index contributed by atoms with van der Waals surface area (Å²) in [5.74, 6) is 0. The topological polar surface area (TPSA) is 41.6 Å². The molecule has 0 spiro atoms. The second-order valence-electron chi connectivity index (χ2n) is 4.38. The summed E-state index contributed by atoms with van der Waals surface area (Å²) in [6, 6.07) is 18.8. The molecule has 3 aromatic rings. The Labute approximate surface area is 132 Å². The van der Waals surface area contributed by atoms with Crippen molar-refractivity contribution in [3.05, 3.63) is 70.3 Å². The molecule has 0 bridgehead atoms. The molecule has 0 aliphatic rings. The number of nitriles is 1. The van der Waals surface area contributed by atoms with E-state index in [1.165, 1.54) is 0 Å². The van der Waals surface area contributed by atoms with Crippen molar-refractivity contribution in [3.8, 4) is 23.0 Å². The van der Waals surface area contributed by atoms with Crippen molar-refractivity contribution in [1.29, 1.82) is 5.26 Å². The van der Waals surface area contributed by atoms with Crippen LogP contribution in [0.5, 0.6) is 0 Å². The lowest BCUT2D eigenvalue weighted by molar-refractivity contribution is 0.880. The Hall–Kier alpha value is -2.28. The summed E-state index contributed by atoms with van der Waals surface area (Å²) in [6.45, 7) is 0. The van der Waals surface area contributed by atoms with Gasteiger partial charge in [0.1, 0.15) is 11.1 Å². The first-order valence-electron chi connectivity index (χ1n) is 6.20. The lowest BCUT2D eigenvalue weighted by Gasteiger charge is -2.08. The van der Waals surface area contributed by atoms with Crippen LogP contribution in [-0.4, -0.2) is 9.78 Å². The van der Waals surface area contributed by atoms with Gasteiger partial charge in [0.2, 0.25) is 0 Å². The van der Waals surface area contributed by atoms with Crippen LogP contribution in [0.2, 0.25) is 10.0 Å². The largest absolute Gasteiger partial charge is 0.230 e. The van der Waals surface area contributed by atoms with Crippen LogP contribution in [0.3, 0.4) is 0 Å². The Morgan fingerprint density at radius 3 is 2.43 bits per heavy atom. The second kappa shape index (κ2) is 5.61. The summed E-state index contributed by atoms with van der Waals surface area (Å²) in [7, 11) is 0. The number of hydrogen-bond acceptors (Lipinski definition) is 2. The van der Waals surface area contributed by atoms with Gasteiger partial charge in [-0.3, -0.25) is 0 Å². The van der Waals surface area contributed by atoms with Crippen LogP contribution in [0.15, 0.2) is 54.6 Å². The highest BCUT2D eigenvalue weighted by molar-refractivity contribution is 6.34. The minimum absolute atomic E-state index is 0.190. The first kappa shape index (κ1) is 13.7. The Balaban J connectivity index is 2.29. The van der Waals surface area contributed by atoms with Gasteiger partial charge in [-0.05, 0) is 24.3 Å². The Kier molecular flexibility index (Phi) is 3.66. The van der Waals surface area contributed by atoms with Gasteiger partial charge in [-0.25, -0.2) is 4.68 Å². The summed E-state index contributed by atoms with van der Waals surface area (Å²) in [6.07, 6.45) is 0. The SMILES string of the molecule is N#Cc1nn(-c2ccccc2)c(-c2cccc(Cl)c2)c1Cl.